The molecule has 0 saturated carbocycles. The van der Waals surface area contributed by atoms with Crippen molar-refractivity contribution in [3.8, 4) is 11.4 Å². The van der Waals surface area contributed by atoms with E-state index >= 15 is 0 Å². The van der Waals surface area contributed by atoms with Crippen molar-refractivity contribution in [1.29, 1.82) is 0 Å². The van der Waals surface area contributed by atoms with Crippen molar-refractivity contribution >= 4 is 11.9 Å². The zero-order valence-corrected chi connectivity index (χ0v) is 11.6. The van der Waals surface area contributed by atoms with Crippen molar-refractivity contribution in [3.05, 3.63) is 30.1 Å². The summed E-state index contributed by atoms with van der Waals surface area (Å²) in [6.07, 6.45) is 3.10. The van der Waals surface area contributed by atoms with Crippen molar-refractivity contribution in [1.82, 2.24) is 19.7 Å². The zero-order valence-electron chi connectivity index (χ0n) is 11.6. The molecule has 0 aliphatic carbocycles. The van der Waals surface area contributed by atoms with Crippen molar-refractivity contribution < 1.29 is 14.7 Å². The summed E-state index contributed by atoms with van der Waals surface area (Å²) in [6, 6.07) is 4.72. The number of nitrogens with one attached hydrogen (secondary N) is 1. The summed E-state index contributed by atoms with van der Waals surface area (Å²) in [7, 11) is 1.90. The molecule has 2 N–H and O–H groups in total. The van der Waals surface area contributed by atoms with Crippen LogP contribution in [0.1, 0.15) is 23.3 Å². The lowest BCUT2D eigenvalue weighted by molar-refractivity contribution is -0.141. The van der Waals surface area contributed by atoms with Gasteiger partial charge in [-0.15, -0.1) is 0 Å². The number of aliphatic carboxylic acids is 1. The highest BCUT2D eigenvalue weighted by atomic mass is 16.4. The van der Waals surface area contributed by atoms with Crippen LogP contribution >= 0.6 is 0 Å². The number of aromatic amines is 1. The monoisotopic (exact) mass is 288 g/mol. The number of hydrogen-bond donors (Lipinski definition) is 2. The fraction of sp³-hybridized carbons (Fsp3) is 0.357. The predicted octanol–water partition coefficient (Wildman–Crippen LogP) is 1.10. The lowest BCUT2D eigenvalue weighted by Gasteiger charge is -2.20. The Morgan fingerprint density at radius 3 is 2.95 bits per heavy atom. The molecular weight excluding hydrogens is 272 g/mol. The maximum absolute atomic E-state index is 12.4. The van der Waals surface area contributed by atoms with Gasteiger partial charge in [-0.25, -0.2) is 4.79 Å². The Bertz CT molecular complexity index is 688. The molecule has 0 aromatic carbocycles. The van der Waals surface area contributed by atoms with Crippen molar-refractivity contribution in [2.24, 2.45) is 7.05 Å². The Morgan fingerprint density at radius 1 is 1.48 bits per heavy atom. The van der Waals surface area contributed by atoms with Crippen LogP contribution in [-0.4, -0.2) is 49.2 Å². The molecule has 1 fully saturated rings. The summed E-state index contributed by atoms with van der Waals surface area (Å²) in [5, 5.41) is 16.0. The minimum absolute atomic E-state index is 0.312. The first-order valence-electron chi connectivity index (χ1n) is 6.79. The fourth-order valence-electron chi connectivity index (χ4n) is 2.71. The van der Waals surface area contributed by atoms with Crippen molar-refractivity contribution in [2.75, 3.05) is 6.54 Å². The van der Waals surface area contributed by atoms with Gasteiger partial charge in [0.15, 0.2) is 0 Å². The zero-order chi connectivity index (χ0) is 15.0. The third-order valence-corrected chi connectivity index (χ3v) is 3.81. The fourth-order valence-corrected chi connectivity index (χ4v) is 2.71. The first-order chi connectivity index (χ1) is 10.1. The molecule has 0 spiro atoms. The molecule has 0 unspecified atom stereocenters. The lowest BCUT2D eigenvalue weighted by atomic mass is 10.2. The van der Waals surface area contributed by atoms with Crippen LogP contribution in [0.2, 0.25) is 0 Å². The molecule has 1 atom stereocenters. The smallest absolute Gasteiger partial charge is 0.326 e. The van der Waals surface area contributed by atoms with Gasteiger partial charge in [0, 0.05) is 19.8 Å². The number of carboxylic acids is 1. The maximum Gasteiger partial charge on any atom is 0.326 e. The number of H-pyrrole nitrogens is 1. The SMILES string of the molecule is Cn1cccc1-c1cc(C(=O)N2CCC[C@@H]2C(=O)O)[nH]n1. The van der Waals surface area contributed by atoms with Crippen LogP contribution in [0.25, 0.3) is 11.4 Å². The van der Waals surface area contributed by atoms with Gasteiger partial charge < -0.3 is 14.6 Å². The Kier molecular flexibility index (Phi) is 3.25. The lowest BCUT2D eigenvalue weighted by Crippen LogP contribution is -2.40. The van der Waals surface area contributed by atoms with E-state index in [2.05, 4.69) is 10.2 Å². The molecule has 0 radical (unpaired) electrons. The summed E-state index contributed by atoms with van der Waals surface area (Å²) in [5.74, 6) is -1.27. The molecule has 110 valence electrons. The van der Waals surface area contributed by atoms with Crippen LogP contribution in [0.4, 0.5) is 0 Å². The van der Waals surface area contributed by atoms with E-state index in [9.17, 15) is 9.59 Å². The van der Waals surface area contributed by atoms with Crippen LogP contribution in [0.5, 0.6) is 0 Å². The van der Waals surface area contributed by atoms with Gasteiger partial charge in [0.05, 0.1) is 5.69 Å². The highest BCUT2D eigenvalue weighted by Crippen LogP contribution is 2.22. The average molecular weight is 288 g/mol. The van der Waals surface area contributed by atoms with Gasteiger partial charge in [-0.05, 0) is 31.0 Å². The summed E-state index contributed by atoms with van der Waals surface area (Å²) >= 11 is 0. The largest absolute Gasteiger partial charge is 0.480 e. The Morgan fingerprint density at radius 2 is 2.29 bits per heavy atom. The number of rotatable bonds is 3. The van der Waals surface area contributed by atoms with Crippen LogP contribution in [-0.2, 0) is 11.8 Å². The molecular formula is C14H16N4O3. The summed E-state index contributed by atoms with van der Waals surface area (Å²) in [4.78, 5) is 25.0. The van der Waals surface area contributed by atoms with Crippen LogP contribution < -0.4 is 0 Å². The van der Waals surface area contributed by atoms with Gasteiger partial charge in [0.25, 0.3) is 5.91 Å². The molecule has 2 aromatic rings. The van der Waals surface area contributed by atoms with E-state index < -0.39 is 12.0 Å². The number of hydrogen-bond acceptors (Lipinski definition) is 3. The minimum atomic E-state index is -0.956. The Hall–Kier alpha value is -2.57. The number of aromatic nitrogens is 3. The van der Waals surface area contributed by atoms with Gasteiger partial charge in [-0.2, -0.15) is 5.10 Å². The first kappa shape index (κ1) is 13.4. The first-order valence-corrected chi connectivity index (χ1v) is 6.79. The predicted molar refractivity (Wildman–Crippen MR) is 74.7 cm³/mol. The maximum atomic E-state index is 12.4. The number of carbonyl (C=O) groups is 2. The number of carbonyl (C=O) groups excluding carboxylic acids is 1. The number of nitrogens with zero attached hydrogens (tertiary/aromatic N) is 3. The summed E-state index contributed by atoms with van der Waals surface area (Å²) < 4.78 is 1.90. The summed E-state index contributed by atoms with van der Waals surface area (Å²) in [5.41, 5.74) is 1.87. The Balaban J connectivity index is 1.85. The van der Waals surface area contributed by atoms with E-state index in [1.54, 1.807) is 6.07 Å². The number of amides is 1. The molecule has 7 nitrogen and oxygen atoms in total. The number of aryl methyl sites for hydroxylation is 1. The quantitative estimate of drug-likeness (QED) is 0.885. The second kappa shape index (κ2) is 5.08. The molecule has 1 amide bonds. The number of carboxylic acid groups (broad SMARTS) is 1. The Labute approximate surface area is 121 Å². The number of likely N-dealkylation sites (tertiary alicyclic amines) is 1. The van der Waals surface area contributed by atoms with E-state index in [0.29, 0.717) is 30.8 Å². The van der Waals surface area contributed by atoms with E-state index in [-0.39, 0.29) is 5.91 Å². The third-order valence-electron chi connectivity index (χ3n) is 3.81. The average Bonchev–Trinajstić information content (AvgIpc) is 3.17. The molecule has 1 aliphatic heterocycles. The van der Waals surface area contributed by atoms with Gasteiger partial charge >= 0.3 is 5.97 Å². The molecule has 1 saturated heterocycles. The molecule has 0 bridgehead atoms. The minimum Gasteiger partial charge on any atom is -0.480 e. The van der Waals surface area contributed by atoms with Gasteiger partial charge in [-0.1, -0.05) is 0 Å². The molecule has 1 aliphatic rings. The highest BCUT2D eigenvalue weighted by molar-refractivity contribution is 5.96. The van der Waals surface area contributed by atoms with Crippen LogP contribution in [0, 0.1) is 0 Å². The second-order valence-corrected chi connectivity index (χ2v) is 5.17. The van der Waals surface area contributed by atoms with E-state index in [0.717, 1.165) is 5.69 Å². The topological polar surface area (TPSA) is 91.2 Å². The molecule has 3 rings (SSSR count). The van der Waals surface area contributed by atoms with Crippen molar-refractivity contribution in [3.63, 3.8) is 0 Å². The van der Waals surface area contributed by atoms with Gasteiger partial charge in [-0.3, -0.25) is 9.89 Å². The standard InChI is InChI=1S/C14H16N4O3/c1-17-6-2-4-11(17)9-8-10(16-15-9)13(19)18-7-3-5-12(18)14(20)21/h2,4,6,8,12H,3,5,7H2,1H3,(H,15,16)(H,20,21)/t12-/m1/s1. The van der Waals surface area contributed by atoms with E-state index in [4.69, 9.17) is 5.11 Å². The normalized spacial score (nSPS) is 18.1. The van der Waals surface area contributed by atoms with Crippen LogP contribution in [0.15, 0.2) is 24.4 Å². The molecule has 7 heteroatoms. The molecule has 21 heavy (non-hydrogen) atoms. The van der Waals surface area contributed by atoms with Crippen molar-refractivity contribution in [2.45, 2.75) is 18.9 Å². The second-order valence-electron chi connectivity index (χ2n) is 5.17. The highest BCUT2D eigenvalue weighted by Gasteiger charge is 2.35. The molecule has 3 heterocycles. The summed E-state index contributed by atoms with van der Waals surface area (Å²) in [6.45, 7) is 0.467. The molecule has 2 aromatic heterocycles. The van der Waals surface area contributed by atoms with E-state index in [1.165, 1.54) is 4.90 Å². The van der Waals surface area contributed by atoms with E-state index in [1.807, 2.05) is 29.9 Å². The van der Waals surface area contributed by atoms with Crippen LogP contribution in [0.3, 0.4) is 0 Å². The van der Waals surface area contributed by atoms with Gasteiger partial charge in [0.1, 0.15) is 17.4 Å². The third kappa shape index (κ3) is 2.31. The van der Waals surface area contributed by atoms with Gasteiger partial charge in [0.2, 0.25) is 0 Å².